The van der Waals surface area contributed by atoms with Crippen molar-refractivity contribution in [3.05, 3.63) is 29.8 Å². The highest BCUT2D eigenvalue weighted by molar-refractivity contribution is 5.93. The number of amides is 2. The molecule has 0 saturated carbocycles. The number of likely N-dealkylation sites (tertiary alicyclic amines) is 1. The highest BCUT2D eigenvalue weighted by atomic mass is 16.4. The molecule has 0 aliphatic carbocycles. The number of urea groups is 1. The van der Waals surface area contributed by atoms with E-state index in [0.29, 0.717) is 24.8 Å². The molecule has 21 heavy (non-hydrogen) atoms. The maximum atomic E-state index is 12.2. The number of nitrogens with one attached hydrogen (secondary N) is 1. The zero-order valence-electron chi connectivity index (χ0n) is 12.4. The number of carboxylic acid groups (broad SMARTS) is 1. The number of hydrogen-bond donors (Lipinski definition) is 2. The molecule has 6 nitrogen and oxygen atoms in total. The Balaban J connectivity index is 1.93. The molecule has 6 heteroatoms. The van der Waals surface area contributed by atoms with Gasteiger partial charge in [-0.05, 0) is 45.1 Å². The van der Waals surface area contributed by atoms with Crippen LogP contribution in [0.1, 0.15) is 23.2 Å². The smallest absolute Gasteiger partial charge is 0.335 e. The van der Waals surface area contributed by atoms with Gasteiger partial charge in [0, 0.05) is 24.8 Å². The van der Waals surface area contributed by atoms with E-state index in [9.17, 15) is 9.59 Å². The van der Waals surface area contributed by atoms with Crippen LogP contribution in [-0.4, -0.2) is 60.1 Å². The van der Waals surface area contributed by atoms with Crippen LogP contribution in [0.5, 0.6) is 0 Å². The topological polar surface area (TPSA) is 72.9 Å². The van der Waals surface area contributed by atoms with Gasteiger partial charge in [0.05, 0.1) is 5.56 Å². The first-order valence-electron chi connectivity index (χ1n) is 7.03. The van der Waals surface area contributed by atoms with Crippen molar-refractivity contribution in [3.63, 3.8) is 0 Å². The van der Waals surface area contributed by atoms with Gasteiger partial charge in [-0.25, -0.2) is 9.59 Å². The number of benzene rings is 1. The number of piperidine rings is 1. The van der Waals surface area contributed by atoms with Crippen molar-refractivity contribution in [1.82, 2.24) is 9.80 Å². The van der Waals surface area contributed by atoms with Crippen LogP contribution < -0.4 is 5.32 Å². The average molecular weight is 291 g/mol. The van der Waals surface area contributed by atoms with Gasteiger partial charge >= 0.3 is 12.0 Å². The summed E-state index contributed by atoms with van der Waals surface area (Å²) in [6, 6.07) is 6.63. The Morgan fingerprint density at radius 2 is 1.95 bits per heavy atom. The van der Waals surface area contributed by atoms with Crippen molar-refractivity contribution in [1.29, 1.82) is 0 Å². The molecule has 1 aromatic rings. The van der Waals surface area contributed by atoms with E-state index in [1.807, 2.05) is 0 Å². The molecule has 1 heterocycles. The molecule has 0 atom stereocenters. The quantitative estimate of drug-likeness (QED) is 0.892. The minimum absolute atomic E-state index is 0.166. The molecule has 0 radical (unpaired) electrons. The molecule has 0 unspecified atom stereocenters. The Kier molecular flexibility index (Phi) is 4.80. The third-order valence-corrected chi connectivity index (χ3v) is 3.84. The maximum absolute atomic E-state index is 12.2. The molecule has 2 amide bonds. The molecular formula is C15H21N3O3. The first-order chi connectivity index (χ1) is 9.97. The number of nitrogens with zero attached hydrogens (tertiary/aromatic N) is 2. The normalized spacial score (nSPS) is 16.0. The molecule has 0 bridgehead atoms. The second-order valence-corrected chi connectivity index (χ2v) is 5.50. The summed E-state index contributed by atoms with van der Waals surface area (Å²) < 4.78 is 0. The van der Waals surface area contributed by atoms with Crippen LogP contribution in [0.3, 0.4) is 0 Å². The summed E-state index contributed by atoms with van der Waals surface area (Å²) >= 11 is 0. The number of anilines is 1. The van der Waals surface area contributed by atoms with E-state index in [1.54, 1.807) is 17.0 Å². The highest BCUT2D eigenvalue weighted by Crippen LogP contribution is 2.16. The highest BCUT2D eigenvalue weighted by Gasteiger charge is 2.23. The van der Waals surface area contributed by atoms with E-state index in [4.69, 9.17) is 5.11 Å². The average Bonchev–Trinajstić information content (AvgIpc) is 2.47. The van der Waals surface area contributed by atoms with Crippen LogP contribution in [0, 0.1) is 0 Å². The number of carbonyl (C=O) groups excluding carboxylic acids is 1. The molecule has 0 aromatic heterocycles. The van der Waals surface area contributed by atoms with E-state index in [0.717, 1.165) is 12.8 Å². The summed E-state index contributed by atoms with van der Waals surface area (Å²) in [4.78, 5) is 27.0. The van der Waals surface area contributed by atoms with Gasteiger partial charge in [0.2, 0.25) is 0 Å². The van der Waals surface area contributed by atoms with Crippen molar-refractivity contribution >= 4 is 17.7 Å². The SMILES string of the molecule is CN(C)C1CCN(C(=O)Nc2cccc(C(=O)O)c2)CC1. The fraction of sp³-hybridized carbons (Fsp3) is 0.467. The number of hydrogen-bond acceptors (Lipinski definition) is 3. The summed E-state index contributed by atoms with van der Waals surface area (Å²) in [5.74, 6) is -1.00. The van der Waals surface area contributed by atoms with E-state index in [2.05, 4.69) is 24.3 Å². The van der Waals surface area contributed by atoms with Gasteiger partial charge in [-0.1, -0.05) is 6.07 Å². The van der Waals surface area contributed by atoms with Gasteiger partial charge < -0.3 is 20.2 Å². The maximum Gasteiger partial charge on any atom is 0.335 e. The van der Waals surface area contributed by atoms with Gasteiger partial charge in [-0.15, -0.1) is 0 Å². The lowest BCUT2D eigenvalue weighted by molar-refractivity contribution is 0.0697. The Bertz CT molecular complexity index is 523. The van der Waals surface area contributed by atoms with Crippen molar-refractivity contribution in [2.45, 2.75) is 18.9 Å². The molecule has 2 rings (SSSR count). The van der Waals surface area contributed by atoms with E-state index in [1.165, 1.54) is 12.1 Å². The lowest BCUT2D eigenvalue weighted by Gasteiger charge is -2.35. The Hall–Kier alpha value is -2.08. The molecule has 1 aromatic carbocycles. The first kappa shape index (κ1) is 15.3. The fourth-order valence-electron chi connectivity index (χ4n) is 2.52. The van der Waals surface area contributed by atoms with E-state index < -0.39 is 5.97 Å². The van der Waals surface area contributed by atoms with Crippen molar-refractivity contribution in [3.8, 4) is 0 Å². The number of carboxylic acids is 1. The monoisotopic (exact) mass is 291 g/mol. The third-order valence-electron chi connectivity index (χ3n) is 3.84. The summed E-state index contributed by atoms with van der Waals surface area (Å²) in [5, 5.41) is 11.7. The summed E-state index contributed by atoms with van der Waals surface area (Å²) in [6.45, 7) is 1.43. The molecular weight excluding hydrogens is 270 g/mol. The van der Waals surface area contributed by atoms with Crippen molar-refractivity contribution < 1.29 is 14.7 Å². The fourth-order valence-corrected chi connectivity index (χ4v) is 2.52. The molecule has 0 spiro atoms. The Morgan fingerprint density at radius 1 is 1.29 bits per heavy atom. The predicted octanol–water partition coefficient (Wildman–Crippen LogP) is 1.94. The van der Waals surface area contributed by atoms with Crippen LogP contribution in [0.15, 0.2) is 24.3 Å². The van der Waals surface area contributed by atoms with E-state index >= 15 is 0 Å². The van der Waals surface area contributed by atoms with Gasteiger partial charge in [-0.3, -0.25) is 0 Å². The van der Waals surface area contributed by atoms with Crippen molar-refractivity contribution in [2.24, 2.45) is 0 Å². The van der Waals surface area contributed by atoms with Crippen LogP contribution in [0.25, 0.3) is 0 Å². The number of aromatic carboxylic acids is 1. The van der Waals surface area contributed by atoms with Gasteiger partial charge in [0.1, 0.15) is 0 Å². The molecule has 1 aliphatic heterocycles. The minimum atomic E-state index is -1.00. The van der Waals surface area contributed by atoms with Crippen molar-refractivity contribution in [2.75, 3.05) is 32.5 Å². The summed E-state index contributed by atoms with van der Waals surface area (Å²) in [6.07, 6.45) is 1.91. The zero-order chi connectivity index (χ0) is 15.4. The second-order valence-electron chi connectivity index (χ2n) is 5.50. The summed E-state index contributed by atoms with van der Waals surface area (Å²) in [7, 11) is 4.11. The lowest BCUT2D eigenvalue weighted by atomic mass is 10.0. The first-order valence-corrected chi connectivity index (χ1v) is 7.03. The molecule has 2 N–H and O–H groups in total. The summed E-state index contributed by atoms with van der Waals surface area (Å²) in [5.41, 5.74) is 0.675. The molecule has 1 saturated heterocycles. The molecule has 1 fully saturated rings. The van der Waals surface area contributed by atoms with Gasteiger partial charge in [-0.2, -0.15) is 0 Å². The van der Waals surface area contributed by atoms with Gasteiger partial charge in [0.25, 0.3) is 0 Å². The largest absolute Gasteiger partial charge is 0.478 e. The standard InChI is InChI=1S/C15H21N3O3/c1-17(2)13-6-8-18(9-7-13)15(21)16-12-5-3-4-11(10-12)14(19)20/h3-5,10,13H,6-9H2,1-2H3,(H,16,21)(H,19,20). The van der Waals surface area contributed by atoms with Crippen LogP contribution in [-0.2, 0) is 0 Å². The number of rotatable bonds is 3. The van der Waals surface area contributed by atoms with Crippen LogP contribution in [0.4, 0.5) is 10.5 Å². The lowest BCUT2D eigenvalue weighted by Crippen LogP contribution is -2.46. The molecule has 114 valence electrons. The minimum Gasteiger partial charge on any atom is -0.478 e. The predicted molar refractivity (Wildman–Crippen MR) is 80.7 cm³/mol. The van der Waals surface area contributed by atoms with Crippen LogP contribution >= 0.6 is 0 Å². The number of carbonyl (C=O) groups is 2. The Morgan fingerprint density at radius 3 is 2.52 bits per heavy atom. The van der Waals surface area contributed by atoms with E-state index in [-0.39, 0.29) is 11.6 Å². The van der Waals surface area contributed by atoms with Crippen LogP contribution in [0.2, 0.25) is 0 Å². The second kappa shape index (κ2) is 6.58. The zero-order valence-corrected chi connectivity index (χ0v) is 12.4. The Labute approximate surface area is 124 Å². The molecule has 1 aliphatic rings. The van der Waals surface area contributed by atoms with Gasteiger partial charge in [0.15, 0.2) is 0 Å². The third kappa shape index (κ3) is 3.95.